The molecule has 1 amide bonds. The summed E-state index contributed by atoms with van der Waals surface area (Å²) < 4.78 is 19.3. The molecule has 1 unspecified atom stereocenters. The lowest BCUT2D eigenvalue weighted by molar-refractivity contribution is -0.114. The first-order valence-electron chi connectivity index (χ1n) is 1.70. The maximum Gasteiger partial charge on any atom is 0.261 e. The fraction of sp³-hybridized carbons (Fsp3) is 0. The van der Waals surface area contributed by atoms with Crippen LogP contribution in [0.5, 0.6) is 0 Å². The Labute approximate surface area is 49.0 Å². The van der Waals surface area contributed by atoms with Crippen molar-refractivity contribution >= 4 is 17.2 Å². The molecule has 0 aromatic heterocycles. The third-order valence-electron chi connectivity index (χ3n) is 0.373. The molecule has 8 heavy (non-hydrogen) atoms. The average molecular weight is 135 g/mol. The fourth-order valence-corrected chi connectivity index (χ4v) is 0.383. The van der Waals surface area contributed by atoms with Crippen molar-refractivity contribution < 1.29 is 13.6 Å². The van der Waals surface area contributed by atoms with Crippen LogP contribution in [0, 0.1) is 0 Å². The van der Waals surface area contributed by atoms with Gasteiger partial charge in [0, 0.05) is 0 Å². The van der Waals surface area contributed by atoms with Gasteiger partial charge >= 0.3 is 0 Å². The molecule has 0 aliphatic rings. The van der Waals surface area contributed by atoms with Gasteiger partial charge in [0.25, 0.3) is 17.2 Å². The number of carbonyl (C=O) groups excluding carboxylic acids is 1. The largest absolute Gasteiger partial charge is 0.289 e. The monoisotopic (exact) mass is 135 g/mol. The van der Waals surface area contributed by atoms with Crippen molar-refractivity contribution in [1.29, 1.82) is 0 Å². The molecule has 0 aromatic carbocycles. The van der Waals surface area contributed by atoms with Gasteiger partial charge in [0.05, 0.1) is 0 Å². The van der Waals surface area contributed by atoms with E-state index in [1.54, 1.807) is 4.72 Å². The summed E-state index contributed by atoms with van der Waals surface area (Å²) in [5.74, 6) is -0.661. The summed E-state index contributed by atoms with van der Waals surface area (Å²) in [6.07, 6.45) is 0.911. The van der Waals surface area contributed by atoms with Crippen molar-refractivity contribution in [1.82, 2.24) is 4.72 Å². The Morgan fingerprint density at radius 3 is 2.50 bits per heavy atom. The van der Waals surface area contributed by atoms with Crippen LogP contribution in [-0.4, -0.2) is 14.7 Å². The van der Waals surface area contributed by atoms with Crippen LogP contribution in [0.1, 0.15) is 0 Å². The lowest BCUT2D eigenvalue weighted by atomic mass is 10.6. The van der Waals surface area contributed by atoms with E-state index in [1.165, 1.54) is 0 Å². The Bertz CT molecular complexity index is 132. The molecule has 0 saturated carbocycles. The lowest BCUT2D eigenvalue weighted by Crippen LogP contribution is -2.22. The quantitative estimate of drug-likeness (QED) is 0.393. The van der Waals surface area contributed by atoms with E-state index >= 15 is 0 Å². The van der Waals surface area contributed by atoms with Gasteiger partial charge in [-0.3, -0.25) is 9.35 Å². The SMILES string of the molecule is C=CC(=O)NS(=O)O. The van der Waals surface area contributed by atoms with Crippen LogP contribution < -0.4 is 4.72 Å². The second-order valence-electron chi connectivity index (χ2n) is 0.920. The van der Waals surface area contributed by atoms with E-state index in [4.69, 9.17) is 4.55 Å². The minimum absolute atomic E-state index is 0.661. The molecule has 0 rings (SSSR count). The average Bonchev–Trinajstić information content (AvgIpc) is 1.65. The van der Waals surface area contributed by atoms with E-state index in [1.807, 2.05) is 0 Å². The van der Waals surface area contributed by atoms with E-state index in [0.717, 1.165) is 6.08 Å². The summed E-state index contributed by atoms with van der Waals surface area (Å²) >= 11 is -2.27. The molecular weight excluding hydrogens is 130 g/mol. The van der Waals surface area contributed by atoms with Gasteiger partial charge < -0.3 is 0 Å². The highest BCUT2D eigenvalue weighted by Crippen LogP contribution is 1.66. The van der Waals surface area contributed by atoms with Gasteiger partial charge in [0.2, 0.25) is 0 Å². The molecule has 0 fully saturated rings. The summed E-state index contributed by atoms with van der Waals surface area (Å²) in [5.41, 5.74) is 0. The standard InChI is InChI=1S/C3H5NO3S/c1-2-3(5)4-8(6)7/h2H,1H2,(H,4,5)(H,6,7). The minimum Gasteiger partial charge on any atom is -0.289 e. The number of hydrogen-bond acceptors (Lipinski definition) is 2. The molecule has 0 spiro atoms. The van der Waals surface area contributed by atoms with Crippen LogP contribution in [-0.2, 0) is 16.1 Å². The second kappa shape index (κ2) is 3.34. The fourth-order valence-electron chi connectivity index (χ4n) is 0.128. The van der Waals surface area contributed by atoms with Gasteiger partial charge in [0.15, 0.2) is 0 Å². The van der Waals surface area contributed by atoms with Crippen molar-refractivity contribution in [3.8, 4) is 0 Å². The van der Waals surface area contributed by atoms with Crippen LogP contribution in [0.15, 0.2) is 12.7 Å². The zero-order valence-corrected chi connectivity index (χ0v) is 4.77. The second-order valence-corrected chi connectivity index (χ2v) is 1.62. The number of nitrogens with one attached hydrogen (secondary N) is 1. The van der Waals surface area contributed by atoms with Crippen LogP contribution >= 0.6 is 0 Å². The minimum atomic E-state index is -2.27. The zero-order chi connectivity index (χ0) is 6.57. The van der Waals surface area contributed by atoms with Crippen molar-refractivity contribution in [2.75, 3.05) is 0 Å². The van der Waals surface area contributed by atoms with E-state index < -0.39 is 17.2 Å². The Hall–Kier alpha value is -0.680. The van der Waals surface area contributed by atoms with Gasteiger partial charge in [-0.25, -0.2) is 8.93 Å². The van der Waals surface area contributed by atoms with Crippen LogP contribution in [0.2, 0.25) is 0 Å². The Morgan fingerprint density at radius 2 is 2.38 bits per heavy atom. The van der Waals surface area contributed by atoms with Crippen LogP contribution in [0.4, 0.5) is 0 Å². The molecule has 5 heteroatoms. The Kier molecular flexibility index (Phi) is 3.05. The van der Waals surface area contributed by atoms with Crippen molar-refractivity contribution in [2.45, 2.75) is 0 Å². The Morgan fingerprint density at radius 1 is 1.88 bits per heavy atom. The molecule has 2 N–H and O–H groups in total. The van der Waals surface area contributed by atoms with Crippen molar-refractivity contribution in [2.24, 2.45) is 0 Å². The van der Waals surface area contributed by atoms with Gasteiger partial charge in [-0.2, -0.15) is 0 Å². The molecule has 46 valence electrons. The molecule has 0 radical (unpaired) electrons. The van der Waals surface area contributed by atoms with Gasteiger partial charge in [-0.05, 0) is 6.08 Å². The predicted octanol–water partition coefficient (Wildman–Crippen LogP) is -0.575. The normalized spacial score (nSPS) is 12.1. The summed E-state index contributed by atoms with van der Waals surface area (Å²) in [4.78, 5) is 10.0. The molecule has 0 aliphatic heterocycles. The highest BCUT2D eigenvalue weighted by Gasteiger charge is 1.94. The lowest BCUT2D eigenvalue weighted by Gasteiger charge is -1.89. The first kappa shape index (κ1) is 7.32. The molecule has 1 atom stereocenters. The molecule has 4 nitrogen and oxygen atoms in total. The van der Waals surface area contributed by atoms with E-state index in [0.29, 0.717) is 0 Å². The van der Waals surface area contributed by atoms with E-state index in [-0.39, 0.29) is 0 Å². The highest BCUT2D eigenvalue weighted by atomic mass is 32.2. The summed E-state index contributed by atoms with van der Waals surface area (Å²) in [5, 5.41) is 0. The first-order chi connectivity index (χ1) is 3.66. The Balaban J connectivity index is 3.55. The number of rotatable bonds is 2. The molecule has 0 aliphatic carbocycles. The molecule has 0 heterocycles. The van der Waals surface area contributed by atoms with Crippen molar-refractivity contribution in [3.05, 3.63) is 12.7 Å². The summed E-state index contributed by atoms with van der Waals surface area (Å²) in [6.45, 7) is 3.06. The highest BCUT2D eigenvalue weighted by molar-refractivity contribution is 7.77. The van der Waals surface area contributed by atoms with Gasteiger partial charge in [-0.1, -0.05) is 6.58 Å². The maximum absolute atomic E-state index is 10.0. The number of amides is 1. The molecule has 0 aromatic rings. The smallest absolute Gasteiger partial charge is 0.261 e. The van der Waals surface area contributed by atoms with Crippen LogP contribution in [0.25, 0.3) is 0 Å². The topological polar surface area (TPSA) is 66.4 Å². The molecule has 0 saturated heterocycles. The zero-order valence-electron chi connectivity index (χ0n) is 3.96. The molecule has 0 bridgehead atoms. The summed E-state index contributed by atoms with van der Waals surface area (Å²) in [6, 6.07) is 0. The predicted molar refractivity (Wildman–Crippen MR) is 29.1 cm³/mol. The summed E-state index contributed by atoms with van der Waals surface area (Å²) in [7, 11) is 0. The number of hydrogen-bond donors (Lipinski definition) is 2. The maximum atomic E-state index is 10.0. The van der Waals surface area contributed by atoms with Gasteiger partial charge in [-0.15, -0.1) is 0 Å². The van der Waals surface area contributed by atoms with E-state index in [2.05, 4.69) is 6.58 Å². The molecular formula is C3H5NO3S. The van der Waals surface area contributed by atoms with Crippen LogP contribution in [0.3, 0.4) is 0 Å². The van der Waals surface area contributed by atoms with Crippen molar-refractivity contribution in [3.63, 3.8) is 0 Å². The van der Waals surface area contributed by atoms with Gasteiger partial charge in [0.1, 0.15) is 0 Å². The van der Waals surface area contributed by atoms with E-state index in [9.17, 15) is 9.00 Å². The first-order valence-corrected chi connectivity index (χ1v) is 2.81. The third-order valence-corrected chi connectivity index (χ3v) is 0.749. The third kappa shape index (κ3) is 3.51. The number of carbonyl (C=O) groups is 1.